The molecule has 3 aliphatic rings. The summed E-state index contributed by atoms with van der Waals surface area (Å²) in [6.07, 6.45) is 0.786. The van der Waals surface area contributed by atoms with Crippen LogP contribution in [0.4, 0.5) is 13.2 Å². The highest BCUT2D eigenvalue weighted by Crippen LogP contribution is 2.42. The minimum atomic E-state index is -4.17. The molecule has 4 atom stereocenters. The maximum Gasteiger partial charge on any atom is 0.406 e. The van der Waals surface area contributed by atoms with Gasteiger partial charge in [0, 0.05) is 17.7 Å². The van der Waals surface area contributed by atoms with Crippen LogP contribution in [-0.2, 0) is 0 Å². The number of hydrazine groups is 1. The summed E-state index contributed by atoms with van der Waals surface area (Å²) < 4.78 is 40.0. The van der Waals surface area contributed by atoms with Gasteiger partial charge >= 0.3 is 6.18 Å². The number of hydrogen-bond donors (Lipinski definition) is 2. The number of nitrogens with zero attached hydrogens (tertiary/aromatic N) is 1. The predicted octanol–water partition coefficient (Wildman–Crippen LogP) is 2.13. The molecule has 0 aromatic carbocycles. The normalized spacial score (nSPS) is 40.8. The molecule has 3 nitrogen and oxygen atoms in total. The van der Waals surface area contributed by atoms with Gasteiger partial charge in [-0.3, -0.25) is 5.32 Å². The fourth-order valence-electron chi connectivity index (χ4n) is 3.57. The quantitative estimate of drug-likeness (QED) is 0.699. The molecule has 0 spiro atoms. The monoisotopic (exact) mass is 261 g/mol. The van der Waals surface area contributed by atoms with Gasteiger partial charge in [-0.15, -0.1) is 0 Å². The molecule has 2 heterocycles. The van der Waals surface area contributed by atoms with Crippen LogP contribution >= 0.6 is 0 Å². The van der Waals surface area contributed by atoms with Crippen molar-refractivity contribution < 1.29 is 13.2 Å². The molecular weight excluding hydrogens is 243 g/mol. The first kappa shape index (κ1) is 12.3. The SMILES string of the molecule is CC1=CC2N[C@@H]3CCCCC3[C@@H](C(F)(F)F)N2N1. The highest BCUT2D eigenvalue weighted by atomic mass is 19.4. The van der Waals surface area contributed by atoms with Crippen molar-refractivity contribution in [2.24, 2.45) is 5.92 Å². The van der Waals surface area contributed by atoms with E-state index in [1.165, 1.54) is 5.01 Å². The predicted molar refractivity (Wildman–Crippen MR) is 61.2 cm³/mol. The summed E-state index contributed by atoms with van der Waals surface area (Å²) in [6, 6.07) is -1.38. The van der Waals surface area contributed by atoms with E-state index in [1.807, 2.05) is 6.08 Å². The zero-order valence-corrected chi connectivity index (χ0v) is 10.3. The molecule has 1 saturated carbocycles. The molecule has 1 aliphatic carbocycles. The molecule has 102 valence electrons. The molecule has 2 unspecified atom stereocenters. The Bertz CT molecular complexity index is 364. The molecule has 2 aliphatic heterocycles. The molecule has 0 aromatic rings. The summed E-state index contributed by atoms with van der Waals surface area (Å²) >= 11 is 0. The largest absolute Gasteiger partial charge is 0.406 e. The Balaban J connectivity index is 1.91. The number of alkyl halides is 3. The second-order valence-electron chi connectivity index (χ2n) is 5.52. The van der Waals surface area contributed by atoms with Crippen LogP contribution < -0.4 is 10.7 Å². The summed E-state index contributed by atoms with van der Waals surface area (Å²) in [5.74, 6) is -0.332. The van der Waals surface area contributed by atoms with Gasteiger partial charge in [-0.25, -0.2) is 0 Å². The van der Waals surface area contributed by atoms with Gasteiger partial charge in [-0.1, -0.05) is 12.8 Å². The van der Waals surface area contributed by atoms with Crippen LogP contribution in [0.25, 0.3) is 0 Å². The minimum Gasteiger partial charge on any atom is -0.321 e. The fraction of sp³-hybridized carbons (Fsp3) is 0.833. The fourth-order valence-corrected chi connectivity index (χ4v) is 3.57. The number of fused-ring (bicyclic) bond motifs is 2. The van der Waals surface area contributed by atoms with Crippen LogP contribution in [0.15, 0.2) is 11.8 Å². The van der Waals surface area contributed by atoms with Crippen LogP contribution in [0.5, 0.6) is 0 Å². The third kappa shape index (κ3) is 1.91. The summed E-state index contributed by atoms with van der Waals surface area (Å²) in [6.45, 7) is 1.80. The summed E-state index contributed by atoms with van der Waals surface area (Å²) in [4.78, 5) is 0. The second-order valence-corrected chi connectivity index (χ2v) is 5.52. The Morgan fingerprint density at radius 2 is 2.00 bits per heavy atom. The lowest BCUT2D eigenvalue weighted by Crippen LogP contribution is -2.69. The smallest absolute Gasteiger partial charge is 0.321 e. The molecule has 2 N–H and O–H groups in total. The first-order valence-electron chi connectivity index (χ1n) is 6.53. The summed E-state index contributed by atoms with van der Waals surface area (Å²) in [5, 5.41) is 4.69. The minimum absolute atomic E-state index is 0.00410. The average Bonchev–Trinajstić information content (AvgIpc) is 2.63. The molecule has 0 bridgehead atoms. The zero-order chi connectivity index (χ0) is 12.9. The lowest BCUT2D eigenvalue weighted by Gasteiger charge is -2.49. The first-order valence-corrected chi connectivity index (χ1v) is 6.53. The Kier molecular flexibility index (Phi) is 2.82. The maximum atomic E-state index is 13.3. The molecule has 0 aromatic heterocycles. The number of hydrogen-bond acceptors (Lipinski definition) is 3. The van der Waals surface area contributed by atoms with E-state index in [-0.39, 0.29) is 18.1 Å². The molecule has 0 radical (unpaired) electrons. The Labute approximate surface area is 104 Å². The highest BCUT2D eigenvalue weighted by Gasteiger charge is 2.56. The van der Waals surface area contributed by atoms with Gasteiger partial charge < -0.3 is 5.43 Å². The summed E-state index contributed by atoms with van der Waals surface area (Å²) in [5.41, 5.74) is 3.65. The van der Waals surface area contributed by atoms with E-state index in [4.69, 9.17) is 0 Å². The molecule has 1 saturated heterocycles. The van der Waals surface area contributed by atoms with Gasteiger partial charge in [0.15, 0.2) is 0 Å². The Hall–Kier alpha value is -0.750. The molecule has 3 rings (SSSR count). The van der Waals surface area contributed by atoms with Crippen LogP contribution in [0.2, 0.25) is 0 Å². The van der Waals surface area contributed by atoms with E-state index in [0.717, 1.165) is 25.0 Å². The van der Waals surface area contributed by atoms with Crippen molar-refractivity contribution in [3.63, 3.8) is 0 Å². The van der Waals surface area contributed by atoms with Gasteiger partial charge in [0.05, 0.1) is 6.17 Å². The van der Waals surface area contributed by atoms with Gasteiger partial charge in [-0.2, -0.15) is 18.2 Å². The van der Waals surface area contributed by atoms with Gasteiger partial charge in [0.25, 0.3) is 0 Å². The zero-order valence-electron chi connectivity index (χ0n) is 10.3. The van der Waals surface area contributed by atoms with Gasteiger partial charge in [0.2, 0.25) is 0 Å². The Morgan fingerprint density at radius 3 is 2.72 bits per heavy atom. The molecule has 0 amide bonds. The van der Waals surface area contributed by atoms with Crippen LogP contribution in [-0.4, -0.2) is 29.4 Å². The molecular formula is C12H18F3N3. The average molecular weight is 261 g/mol. The molecule has 2 fully saturated rings. The van der Waals surface area contributed by atoms with Crippen LogP contribution in [0.1, 0.15) is 32.6 Å². The van der Waals surface area contributed by atoms with Crippen molar-refractivity contribution in [1.29, 1.82) is 0 Å². The third-order valence-corrected chi connectivity index (χ3v) is 4.26. The number of nitrogens with one attached hydrogen (secondary N) is 2. The topological polar surface area (TPSA) is 27.3 Å². The van der Waals surface area contributed by atoms with Gasteiger partial charge in [-0.05, 0) is 25.8 Å². The van der Waals surface area contributed by atoms with E-state index >= 15 is 0 Å². The van der Waals surface area contributed by atoms with Gasteiger partial charge in [0.1, 0.15) is 6.04 Å². The van der Waals surface area contributed by atoms with Crippen LogP contribution in [0, 0.1) is 5.92 Å². The lowest BCUT2D eigenvalue weighted by atomic mass is 9.77. The van der Waals surface area contributed by atoms with Crippen LogP contribution in [0.3, 0.4) is 0 Å². The lowest BCUT2D eigenvalue weighted by molar-refractivity contribution is -0.226. The standard InChI is InChI=1S/C12H18F3N3/c1-7-6-10-16-9-5-3-2-4-8(9)11(12(13,14)15)18(10)17-7/h6,8-11,16-17H,2-5H2,1H3/t8?,9-,10?,11+/m1/s1. The number of rotatable bonds is 0. The molecule has 18 heavy (non-hydrogen) atoms. The number of halogens is 3. The van der Waals surface area contributed by atoms with Crippen molar-refractivity contribution in [3.8, 4) is 0 Å². The van der Waals surface area contributed by atoms with Crippen molar-refractivity contribution >= 4 is 0 Å². The Morgan fingerprint density at radius 1 is 1.28 bits per heavy atom. The highest BCUT2D eigenvalue weighted by molar-refractivity contribution is 5.14. The van der Waals surface area contributed by atoms with Crippen molar-refractivity contribution in [3.05, 3.63) is 11.8 Å². The second kappa shape index (κ2) is 4.13. The molecule has 6 heteroatoms. The van der Waals surface area contributed by atoms with E-state index in [0.29, 0.717) is 6.42 Å². The van der Waals surface area contributed by atoms with Crippen molar-refractivity contribution in [2.75, 3.05) is 0 Å². The van der Waals surface area contributed by atoms with Crippen molar-refractivity contribution in [2.45, 2.75) is 57.0 Å². The summed E-state index contributed by atoms with van der Waals surface area (Å²) in [7, 11) is 0. The van der Waals surface area contributed by atoms with E-state index in [2.05, 4.69) is 10.7 Å². The third-order valence-electron chi connectivity index (χ3n) is 4.26. The van der Waals surface area contributed by atoms with E-state index < -0.39 is 12.2 Å². The van der Waals surface area contributed by atoms with E-state index in [9.17, 15) is 13.2 Å². The first-order chi connectivity index (χ1) is 8.47. The number of allylic oxidation sites excluding steroid dienone is 1. The van der Waals surface area contributed by atoms with E-state index in [1.54, 1.807) is 6.92 Å². The maximum absolute atomic E-state index is 13.3. The van der Waals surface area contributed by atoms with Crippen molar-refractivity contribution in [1.82, 2.24) is 15.8 Å².